The first-order chi connectivity index (χ1) is 19.5. The standard InChI is InChI=1S/C29H35N9OS/c1-6-19-16-23(25(39-4)17-24(19)38-14-12-37(3)13-15-38)34-29-32-18-20(7-2)28(35-29)33-22-9-8-21-26(27(22)36-40-5)31-11-10-30-21/h7-11,16-18,36H,2,6,12-15H2,1,3-5H3,(H2,32,33,34,35). The molecule has 3 N–H and O–H groups in total. The Bertz CT molecular complexity index is 1500. The molecular weight excluding hydrogens is 522 g/mol. The maximum atomic E-state index is 5.81. The van der Waals surface area contributed by atoms with Crippen LogP contribution in [0, 0.1) is 0 Å². The van der Waals surface area contributed by atoms with Crippen LogP contribution in [0.2, 0.25) is 0 Å². The fraction of sp³-hybridized carbons (Fsp3) is 0.310. The molecule has 11 heteroatoms. The number of rotatable bonds is 10. The van der Waals surface area contributed by atoms with Gasteiger partial charge in [-0.05, 0) is 37.2 Å². The van der Waals surface area contributed by atoms with E-state index in [0.717, 1.165) is 72.0 Å². The van der Waals surface area contributed by atoms with Crippen LogP contribution in [0.4, 0.5) is 34.5 Å². The van der Waals surface area contributed by atoms with Crippen LogP contribution >= 0.6 is 11.9 Å². The maximum absolute atomic E-state index is 5.81. The summed E-state index contributed by atoms with van der Waals surface area (Å²) in [7, 11) is 3.86. The Hall–Kier alpha value is -4.09. The average Bonchev–Trinajstić information content (AvgIpc) is 2.99. The molecule has 10 nitrogen and oxygen atoms in total. The first-order valence-corrected chi connectivity index (χ1v) is 14.5. The number of benzene rings is 2. The molecule has 2 aromatic carbocycles. The summed E-state index contributed by atoms with van der Waals surface area (Å²) in [5, 5.41) is 6.85. The van der Waals surface area contributed by atoms with Gasteiger partial charge in [-0.1, -0.05) is 31.5 Å². The number of hydrogen-bond acceptors (Lipinski definition) is 11. The molecular formula is C29H35N9OS. The van der Waals surface area contributed by atoms with Crippen molar-refractivity contribution in [2.75, 3.05) is 66.8 Å². The number of nitrogens with zero attached hydrogens (tertiary/aromatic N) is 6. The van der Waals surface area contributed by atoms with Crippen LogP contribution in [0.25, 0.3) is 17.1 Å². The second-order valence-corrected chi connectivity index (χ2v) is 10.1. The van der Waals surface area contributed by atoms with Crippen LogP contribution in [0.15, 0.2) is 49.4 Å². The van der Waals surface area contributed by atoms with E-state index >= 15 is 0 Å². The van der Waals surface area contributed by atoms with E-state index < -0.39 is 0 Å². The lowest BCUT2D eigenvalue weighted by molar-refractivity contribution is 0.312. The largest absolute Gasteiger partial charge is 0.494 e. The summed E-state index contributed by atoms with van der Waals surface area (Å²) in [6, 6.07) is 8.17. The molecule has 0 unspecified atom stereocenters. The smallest absolute Gasteiger partial charge is 0.229 e. The highest BCUT2D eigenvalue weighted by Crippen LogP contribution is 2.37. The minimum Gasteiger partial charge on any atom is -0.494 e. The van der Waals surface area contributed by atoms with Gasteiger partial charge in [0.2, 0.25) is 5.95 Å². The van der Waals surface area contributed by atoms with E-state index in [1.807, 2.05) is 18.4 Å². The summed E-state index contributed by atoms with van der Waals surface area (Å²) in [6.07, 6.45) is 9.72. The van der Waals surface area contributed by atoms with Crippen LogP contribution < -0.4 is 25.0 Å². The van der Waals surface area contributed by atoms with Crippen LogP contribution in [-0.4, -0.2) is 71.4 Å². The van der Waals surface area contributed by atoms with Gasteiger partial charge in [0.25, 0.3) is 0 Å². The second kappa shape index (κ2) is 12.4. The zero-order chi connectivity index (χ0) is 28.1. The zero-order valence-corrected chi connectivity index (χ0v) is 24.2. The summed E-state index contributed by atoms with van der Waals surface area (Å²) in [5.74, 6) is 1.81. The molecule has 0 saturated carbocycles. The first kappa shape index (κ1) is 27.5. The number of nitrogens with one attached hydrogen (secondary N) is 3. The van der Waals surface area contributed by atoms with Crippen molar-refractivity contribution in [3.05, 3.63) is 60.6 Å². The lowest BCUT2D eigenvalue weighted by atomic mass is 10.1. The number of fused-ring (bicyclic) bond motifs is 1. The van der Waals surface area contributed by atoms with Gasteiger partial charge in [0.05, 0.1) is 29.7 Å². The van der Waals surface area contributed by atoms with Crippen LogP contribution in [-0.2, 0) is 6.42 Å². The molecule has 3 heterocycles. The van der Waals surface area contributed by atoms with Crippen molar-refractivity contribution in [3.63, 3.8) is 0 Å². The molecule has 208 valence electrons. The molecule has 0 spiro atoms. The Morgan fingerprint density at radius 2 is 1.85 bits per heavy atom. The van der Waals surface area contributed by atoms with Crippen molar-refractivity contribution in [3.8, 4) is 5.75 Å². The molecule has 4 aromatic rings. The number of anilines is 6. The average molecular weight is 558 g/mol. The maximum Gasteiger partial charge on any atom is 0.229 e. The molecule has 1 fully saturated rings. The van der Waals surface area contributed by atoms with E-state index in [9.17, 15) is 0 Å². The minimum atomic E-state index is 0.445. The highest BCUT2D eigenvalue weighted by Gasteiger charge is 2.20. The summed E-state index contributed by atoms with van der Waals surface area (Å²) in [6.45, 7) is 10.2. The van der Waals surface area contributed by atoms with Crippen molar-refractivity contribution < 1.29 is 4.74 Å². The fourth-order valence-electron chi connectivity index (χ4n) is 4.80. The molecule has 0 aliphatic carbocycles. The number of aromatic nitrogens is 4. The van der Waals surface area contributed by atoms with E-state index in [1.54, 1.807) is 31.8 Å². The molecule has 40 heavy (non-hydrogen) atoms. The number of ether oxygens (including phenoxy) is 1. The van der Waals surface area contributed by atoms with Crippen LogP contribution in [0.1, 0.15) is 18.1 Å². The Labute approximate surface area is 239 Å². The minimum absolute atomic E-state index is 0.445. The number of methoxy groups -OCH3 is 1. The molecule has 1 saturated heterocycles. The van der Waals surface area contributed by atoms with Gasteiger partial charge in [-0.3, -0.25) is 9.97 Å². The van der Waals surface area contributed by atoms with E-state index in [0.29, 0.717) is 11.8 Å². The molecule has 0 radical (unpaired) electrons. The molecule has 5 rings (SSSR count). The third-order valence-corrected chi connectivity index (χ3v) is 7.42. The van der Waals surface area contributed by atoms with Gasteiger partial charge < -0.3 is 29.9 Å². The highest BCUT2D eigenvalue weighted by atomic mass is 32.2. The Morgan fingerprint density at radius 3 is 2.58 bits per heavy atom. The van der Waals surface area contributed by atoms with Crippen molar-refractivity contribution >= 4 is 63.6 Å². The topological polar surface area (TPSA) is 103 Å². The van der Waals surface area contributed by atoms with Gasteiger partial charge in [0.1, 0.15) is 17.1 Å². The fourth-order valence-corrected chi connectivity index (χ4v) is 5.21. The van der Waals surface area contributed by atoms with Gasteiger partial charge in [0.15, 0.2) is 0 Å². The van der Waals surface area contributed by atoms with Crippen molar-refractivity contribution in [1.29, 1.82) is 0 Å². The van der Waals surface area contributed by atoms with Crippen LogP contribution in [0.5, 0.6) is 5.75 Å². The van der Waals surface area contributed by atoms with Crippen molar-refractivity contribution in [2.45, 2.75) is 13.3 Å². The number of piperazine rings is 1. The molecule has 1 aliphatic heterocycles. The lowest BCUT2D eigenvalue weighted by Crippen LogP contribution is -2.44. The quantitative estimate of drug-likeness (QED) is 0.213. The van der Waals surface area contributed by atoms with E-state index in [4.69, 9.17) is 9.72 Å². The van der Waals surface area contributed by atoms with Gasteiger partial charge in [-0.2, -0.15) is 4.98 Å². The number of hydrogen-bond donors (Lipinski definition) is 3. The van der Waals surface area contributed by atoms with Gasteiger partial charge in [-0.15, -0.1) is 0 Å². The van der Waals surface area contributed by atoms with Crippen LogP contribution in [0.3, 0.4) is 0 Å². The summed E-state index contributed by atoms with van der Waals surface area (Å²) < 4.78 is 9.15. The summed E-state index contributed by atoms with van der Waals surface area (Å²) >= 11 is 1.49. The molecule has 2 aromatic heterocycles. The first-order valence-electron chi connectivity index (χ1n) is 13.2. The Kier molecular flexibility index (Phi) is 8.51. The zero-order valence-electron chi connectivity index (χ0n) is 23.4. The van der Waals surface area contributed by atoms with E-state index in [2.05, 4.69) is 72.8 Å². The SMILES string of the molecule is C=Cc1cnc(Nc2cc(CC)c(N3CCN(C)CC3)cc2OC)nc1Nc1ccc2nccnc2c1NSC. The second-order valence-electron chi connectivity index (χ2n) is 9.50. The highest BCUT2D eigenvalue weighted by molar-refractivity contribution is 7.99. The van der Waals surface area contributed by atoms with Gasteiger partial charge in [-0.25, -0.2) is 4.98 Å². The number of aryl methyl sites for hydroxylation is 1. The monoisotopic (exact) mass is 557 g/mol. The molecule has 0 amide bonds. The third kappa shape index (κ3) is 5.75. The Balaban J connectivity index is 1.47. The van der Waals surface area contributed by atoms with E-state index in [-0.39, 0.29) is 0 Å². The molecule has 0 atom stereocenters. The predicted octanol–water partition coefficient (Wildman–Crippen LogP) is 5.56. The molecule has 0 bridgehead atoms. The van der Waals surface area contributed by atoms with E-state index in [1.165, 1.54) is 23.2 Å². The summed E-state index contributed by atoms with van der Waals surface area (Å²) in [4.78, 5) is 23.1. The van der Waals surface area contributed by atoms with Gasteiger partial charge in [0, 0.05) is 68.3 Å². The molecule has 1 aliphatic rings. The number of likely N-dealkylation sites (N-methyl/N-ethyl adjacent to an activating group) is 1. The Morgan fingerprint density at radius 1 is 1.05 bits per heavy atom. The normalized spacial score (nSPS) is 13.8. The third-order valence-electron chi connectivity index (χ3n) is 7.01. The lowest BCUT2D eigenvalue weighted by Gasteiger charge is -2.35. The van der Waals surface area contributed by atoms with Gasteiger partial charge >= 0.3 is 0 Å². The van der Waals surface area contributed by atoms with Crippen molar-refractivity contribution in [2.24, 2.45) is 0 Å². The predicted molar refractivity (Wildman–Crippen MR) is 167 cm³/mol. The van der Waals surface area contributed by atoms with Crippen molar-refractivity contribution in [1.82, 2.24) is 24.8 Å². The summed E-state index contributed by atoms with van der Waals surface area (Å²) in [5.41, 5.74) is 7.28.